The number of hydrogen-bond acceptors (Lipinski definition) is 4. The van der Waals surface area contributed by atoms with Gasteiger partial charge in [0.25, 0.3) is 0 Å². The predicted octanol–water partition coefficient (Wildman–Crippen LogP) is 1.00. The van der Waals surface area contributed by atoms with Crippen LogP contribution in [-0.4, -0.2) is 39.0 Å². The van der Waals surface area contributed by atoms with Gasteiger partial charge in [-0.25, -0.2) is 12.8 Å². The Hall–Kier alpha value is -1.02. The minimum absolute atomic E-state index is 0.0286. The summed E-state index contributed by atoms with van der Waals surface area (Å²) in [5.41, 5.74) is 5.97. The van der Waals surface area contributed by atoms with E-state index in [2.05, 4.69) is 0 Å². The van der Waals surface area contributed by atoms with Crippen molar-refractivity contribution in [1.82, 2.24) is 4.31 Å². The molecule has 112 valence electrons. The van der Waals surface area contributed by atoms with Crippen LogP contribution >= 0.6 is 0 Å². The molecular weight excluding hydrogens is 283 g/mol. The Morgan fingerprint density at radius 3 is 2.80 bits per heavy atom. The Morgan fingerprint density at radius 2 is 2.10 bits per heavy atom. The third-order valence-corrected chi connectivity index (χ3v) is 5.22. The topological polar surface area (TPSA) is 72.6 Å². The van der Waals surface area contributed by atoms with Crippen LogP contribution in [0.4, 0.5) is 4.39 Å². The molecule has 1 aliphatic heterocycles. The van der Waals surface area contributed by atoms with Crippen molar-refractivity contribution in [2.75, 3.05) is 26.3 Å². The van der Waals surface area contributed by atoms with Gasteiger partial charge < -0.3 is 10.5 Å². The van der Waals surface area contributed by atoms with Crippen molar-refractivity contribution in [3.8, 4) is 0 Å². The molecule has 0 unspecified atom stereocenters. The van der Waals surface area contributed by atoms with Gasteiger partial charge in [0.1, 0.15) is 5.82 Å². The highest BCUT2D eigenvalue weighted by atomic mass is 32.2. The van der Waals surface area contributed by atoms with Crippen molar-refractivity contribution in [1.29, 1.82) is 0 Å². The molecule has 2 rings (SSSR count). The van der Waals surface area contributed by atoms with Crippen molar-refractivity contribution in [2.24, 2.45) is 5.73 Å². The molecule has 0 radical (unpaired) electrons. The van der Waals surface area contributed by atoms with Crippen molar-refractivity contribution < 1.29 is 17.5 Å². The molecule has 0 amide bonds. The van der Waals surface area contributed by atoms with Gasteiger partial charge in [-0.3, -0.25) is 0 Å². The quantitative estimate of drug-likeness (QED) is 0.904. The first kappa shape index (κ1) is 15.4. The predicted molar refractivity (Wildman–Crippen MR) is 73.2 cm³/mol. The molecule has 1 saturated heterocycles. The lowest BCUT2D eigenvalue weighted by atomic mass is 10.1. The lowest BCUT2D eigenvalue weighted by Gasteiger charge is -2.20. The van der Waals surface area contributed by atoms with Crippen LogP contribution in [-0.2, 0) is 21.3 Å². The smallest absolute Gasteiger partial charge is 0.243 e. The van der Waals surface area contributed by atoms with E-state index in [1.807, 2.05) is 0 Å². The fraction of sp³-hybridized carbons (Fsp3) is 0.538. The van der Waals surface area contributed by atoms with Crippen LogP contribution in [0.15, 0.2) is 17.0 Å². The lowest BCUT2D eigenvalue weighted by Crippen LogP contribution is -2.33. The van der Waals surface area contributed by atoms with E-state index in [0.717, 1.165) is 0 Å². The molecule has 0 aliphatic carbocycles. The maximum atomic E-state index is 13.8. The van der Waals surface area contributed by atoms with Crippen LogP contribution in [0.5, 0.6) is 0 Å². The van der Waals surface area contributed by atoms with E-state index in [1.165, 1.54) is 16.4 Å². The average molecular weight is 302 g/mol. The molecule has 7 heteroatoms. The number of rotatable bonds is 3. The van der Waals surface area contributed by atoms with Crippen molar-refractivity contribution >= 4 is 10.0 Å². The van der Waals surface area contributed by atoms with Crippen LogP contribution in [0.3, 0.4) is 0 Å². The van der Waals surface area contributed by atoms with Crippen molar-refractivity contribution in [3.05, 3.63) is 29.1 Å². The number of nitrogens with two attached hydrogens (primary N) is 1. The van der Waals surface area contributed by atoms with Crippen LogP contribution in [0, 0.1) is 12.7 Å². The number of nitrogens with zero attached hydrogens (tertiary/aromatic N) is 1. The molecule has 0 bridgehead atoms. The summed E-state index contributed by atoms with van der Waals surface area (Å²) in [7, 11) is -3.63. The molecule has 1 aromatic rings. The number of aryl methyl sites for hydroxylation is 1. The van der Waals surface area contributed by atoms with Gasteiger partial charge in [-0.2, -0.15) is 4.31 Å². The summed E-state index contributed by atoms with van der Waals surface area (Å²) >= 11 is 0. The zero-order valence-corrected chi connectivity index (χ0v) is 12.2. The Morgan fingerprint density at radius 1 is 1.35 bits per heavy atom. The minimum atomic E-state index is -3.63. The number of benzene rings is 1. The van der Waals surface area contributed by atoms with E-state index < -0.39 is 15.8 Å². The zero-order chi connectivity index (χ0) is 14.8. The summed E-state index contributed by atoms with van der Waals surface area (Å²) < 4.78 is 45.6. The summed E-state index contributed by atoms with van der Waals surface area (Å²) in [5.74, 6) is -0.439. The van der Waals surface area contributed by atoms with Crippen LogP contribution < -0.4 is 5.73 Å². The van der Waals surface area contributed by atoms with E-state index in [0.29, 0.717) is 32.7 Å². The van der Waals surface area contributed by atoms with Gasteiger partial charge in [-0.15, -0.1) is 0 Å². The fourth-order valence-electron chi connectivity index (χ4n) is 2.22. The summed E-state index contributed by atoms with van der Waals surface area (Å²) in [4.78, 5) is 0.0961. The highest BCUT2D eigenvalue weighted by molar-refractivity contribution is 7.89. The van der Waals surface area contributed by atoms with Gasteiger partial charge in [0.15, 0.2) is 0 Å². The van der Waals surface area contributed by atoms with Gasteiger partial charge in [-0.1, -0.05) is 0 Å². The van der Waals surface area contributed by atoms with Crippen LogP contribution in [0.1, 0.15) is 17.5 Å². The highest BCUT2D eigenvalue weighted by Gasteiger charge is 2.26. The minimum Gasteiger partial charge on any atom is -0.380 e. The lowest BCUT2D eigenvalue weighted by molar-refractivity contribution is 0.148. The van der Waals surface area contributed by atoms with E-state index in [-0.39, 0.29) is 22.6 Å². The summed E-state index contributed by atoms with van der Waals surface area (Å²) in [6.45, 7) is 3.18. The standard InChI is InChI=1S/C13H19FN2O3S/c1-10-7-12(8-11(9-15)13(10)14)20(17,18)16-3-2-5-19-6-4-16/h7-8H,2-6,9,15H2,1H3. The SMILES string of the molecule is Cc1cc(S(=O)(=O)N2CCCOCC2)cc(CN)c1F. The molecule has 20 heavy (non-hydrogen) atoms. The molecule has 0 spiro atoms. The molecular formula is C13H19FN2O3S. The summed E-state index contributed by atoms with van der Waals surface area (Å²) in [5, 5.41) is 0. The summed E-state index contributed by atoms with van der Waals surface area (Å²) in [6.07, 6.45) is 0.656. The molecule has 5 nitrogen and oxygen atoms in total. The third-order valence-electron chi connectivity index (χ3n) is 3.34. The first-order chi connectivity index (χ1) is 9.46. The molecule has 1 aromatic carbocycles. The third kappa shape index (κ3) is 3.01. The van der Waals surface area contributed by atoms with E-state index in [1.54, 1.807) is 6.92 Å². The van der Waals surface area contributed by atoms with Crippen molar-refractivity contribution in [2.45, 2.75) is 24.8 Å². The second-order valence-electron chi connectivity index (χ2n) is 4.79. The highest BCUT2D eigenvalue weighted by Crippen LogP contribution is 2.22. The number of halogens is 1. The van der Waals surface area contributed by atoms with Crippen molar-refractivity contribution in [3.63, 3.8) is 0 Å². The van der Waals surface area contributed by atoms with Gasteiger partial charge in [-0.05, 0) is 31.0 Å². The van der Waals surface area contributed by atoms with Gasteiger partial charge in [0.05, 0.1) is 11.5 Å². The van der Waals surface area contributed by atoms with Gasteiger partial charge in [0, 0.05) is 31.8 Å². The maximum Gasteiger partial charge on any atom is 0.243 e. The van der Waals surface area contributed by atoms with Crippen LogP contribution in [0.2, 0.25) is 0 Å². The van der Waals surface area contributed by atoms with Gasteiger partial charge in [0.2, 0.25) is 10.0 Å². The second-order valence-corrected chi connectivity index (χ2v) is 6.73. The van der Waals surface area contributed by atoms with E-state index in [4.69, 9.17) is 10.5 Å². The first-order valence-corrected chi connectivity index (χ1v) is 7.98. The zero-order valence-electron chi connectivity index (χ0n) is 11.4. The monoisotopic (exact) mass is 302 g/mol. The van der Waals surface area contributed by atoms with E-state index >= 15 is 0 Å². The molecule has 0 atom stereocenters. The Balaban J connectivity index is 2.40. The Bertz CT molecular complexity index is 582. The summed E-state index contributed by atoms with van der Waals surface area (Å²) in [6, 6.07) is 2.68. The fourth-order valence-corrected chi connectivity index (χ4v) is 3.82. The molecule has 0 aromatic heterocycles. The molecule has 1 aliphatic rings. The first-order valence-electron chi connectivity index (χ1n) is 6.54. The second kappa shape index (κ2) is 6.17. The normalized spacial score (nSPS) is 17.9. The maximum absolute atomic E-state index is 13.8. The number of ether oxygens (including phenoxy) is 1. The van der Waals surface area contributed by atoms with E-state index in [9.17, 15) is 12.8 Å². The molecule has 1 fully saturated rings. The largest absolute Gasteiger partial charge is 0.380 e. The van der Waals surface area contributed by atoms with Crippen LogP contribution in [0.25, 0.3) is 0 Å². The number of sulfonamides is 1. The molecule has 0 saturated carbocycles. The number of hydrogen-bond donors (Lipinski definition) is 1. The molecule has 2 N–H and O–H groups in total. The Labute approximate surface area is 118 Å². The average Bonchev–Trinajstić information content (AvgIpc) is 2.71. The Kier molecular flexibility index (Phi) is 4.74. The van der Waals surface area contributed by atoms with Gasteiger partial charge >= 0.3 is 0 Å². The molecule has 1 heterocycles.